The molecule has 1 amide bonds. The van der Waals surface area contributed by atoms with Gasteiger partial charge in [0.05, 0.1) is 25.8 Å². The molecule has 0 unspecified atom stereocenters. The van der Waals surface area contributed by atoms with Crippen molar-refractivity contribution < 1.29 is 28.6 Å². The Hall–Kier alpha value is -3.39. The minimum absolute atomic E-state index is 0.00679. The van der Waals surface area contributed by atoms with Crippen molar-refractivity contribution in [2.75, 3.05) is 41.4 Å². The predicted molar refractivity (Wildman–Crippen MR) is 114 cm³/mol. The van der Waals surface area contributed by atoms with E-state index in [0.717, 1.165) is 6.07 Å². The number of Topliss-reactive ketones (excluding diaryl/α,β-unsaturated/α-hetero) is 1. The lowest BCUT2D eigenvalue weighted by atomic mass is 9.95. The first-order valence-electron chi connectivity index (χ1n) is 9.69. The summed E-state index contributed by atoms with van der Waals surface area (Å²) < 4.78 is 24.4. The third kappa shape index (κ3) is 4.39. The second kappa shape index (κ2) is 9.18. The Bertz CT molecular complexity index is 1030. The zero-order chi connectivity index (χ0) is 22.7. The third-order valence-corrected chi connectivity index (χ3v) is 5.16. The van der Waals surface area contributed by atoms with Crippen LogP contribution in [0.3, 0.4) is 0 Å². The average molecular weight is 428 g/mol. The van der Waals surface area contributed by atoms with Gasteiger partial charge in [-0.15, -0.1) is 0 Å². The molecule has 2 aromatic carbocycles. The van der Waals surface area contributed by atoms with Gasteiger partial charge in [0, 0.05) is 18.7 Å². The van der Waals surface area contributed by atoms with Crippen molar-refractivity contribution in [3.05, 3.63) is 65.0 Å². The zero-order valence-corrected chi connectivity index (χ0v) is 17.9. The smallest absolute Gasteiger partial charge is 0.295 e. The number of hydrogen-bond acceptors (Lipinski definition) is 6. The number of ketones is 1. The molecule has 1 heterocycles. The van der Waals surface area contributed by atoms with Crippen LogP contribution in [0.2, 0.25) is 0 Å². The van der Waals surface area contributed by atoms with Gasteiger partial charge in [0.25, 0.3) is 11.7 Å². The summed E-state index contributed by atoms with van der Waals surface area (Å²) in [4.78, 5) is 29.1. The van der Waals surface area contributed by atoms with Crippen molar-refractivity contribution in [3.8, 4) is 11.5 Å². The fraction of sp³-hybridized carbons (Fsp3) is 0.304. The topological polar surface area (TPSA) is 79.3 Å². The molecule has 31 heavy (non-hydrogen) atoms. The van der Waals surface area contributed by atoms with E-state index in [1.54, 1.807) is 24.3 Å². The molecule has 0 spiro atoms. The number of rotatable bonds is 7. The highest BCUT2D eigenvalue weighted by Crippen LogP contribution is 2.40. The molecule has 164 valence electrons. The summed E-state index contributed by atoms with van der Waals surface area (Å²) in [6.07, 6.45) is 0. The van der Waals surface area contributed by atoms with Gasteiger partial charge in [-0.3, -0.25) is 9.59 Å². The average Bonchev–Trinajstić information content (AvgIpc) is 3.01. The molecule has 8 heteroatoms. The van der Waals surface area contributed by atoms with Gasteiger partial charge in [0.1, 0.15) is 11.5 Å². The maximum absolute atomic E-state index is 14.2. The van der Waals surface area contributed by atoms with Gasteiger partial charge in [-0.2, -0.15) is 0 Å². The number of methoxy groups -OCH3 is 2. The normalized spacial score (nSPS) is 18.0. The van der Waals surface area contributed by atoms with E-state index in [2.05, 4.69) is 0 Å². The summed E-state index contributed by atoms with van der Waals surface area (Å²) in [7, 11) is 6.56. The molecule has 1 aliphatic heterocycles. The predicted octanol–water partition coefficient (Wildman–Crippen LogP) is 2.83. The first-order chi connectivity index (χ1) is 14.8. The first kappa shape index (κ1) is 22.3. The van der Waals surface area contributed by atoms with Crippen molar-refractivity contribution in [3.63, 3.8) is 0 Å². The number of aliphatic hydroxyl groups excluding tert-OH is 1. The Morgan fingerprint density at radius 2 is 1.87 bits per heavy atom. The highest BCUT2D eigenvalue weighted by Gasteiger charge is 2.46. The number of halogens is 1. The lowest BCUT2D eigenvalue weighted by Crippen LogP contribution is -2.35. The van der Waals surface area contributed by atoms with Gasteiger partial charge in [0.15, 0.2) is 11.6 Å². The van der Waals surface area contributed by atoms with Gasteiger partial charge in [0.2, 0.25) is 0 Å². The Morgan fingerprint density at radius 3 is 2.48 bits per heavy atom. The molecular formula is C23H25FN2O5. The SMILES string of the molecule is COc1cccc([C@@H]2C(=C(O)c3ccc(OC)c(F)c3)C(=O)C(=O)N2CCN(C)C)c1. The Kier molecular flexibility index (Phi) is 6.60. The molecule has 0 saturated carbocycles. The summed E-state index contributed by atoms with van der Waals surface area (Å²) in [6.45, 7) is 0.790. The van der Waals surface area contributed by atoms with Crippen LogP contribution >= 0.6 is 0 Å². The van der Waals surface area contributed by atoms with Crippen molar-refractivity contribution in [1.82, 2.24) is 9.80 Å². The number of nitrogens with zero attached hydrogens (tertiary/aromatic N) is 2. The fourth-order valence-corrected chi connectivity index (χ4v) is 3.55. The molecule has 1 saturated heterocycles. The van der Waals surface area contributed by atoms with E-state index < -0.39 is 29.3 Å². The molecule has 2 aromatic rings. The molecule has 1 N–H and O–H groups in total. The van der Waals surface area contributed by atoms with Crippen molar-refractivity contribution >= 4 is 17.4 Å². The Labute approximate surface area is 180 Å². The standard InChI is InChI=1S/C23H25FN2O5/c1-25(2)10-11-26-20(14-6-5-7-16(12-14)30-3)19(22(28)23(26)29)21(27)15-8-9-18(31-4)17(24)13-15/h5-9,12-13,20,27H,10-11H2,1-4H3/t20-/m1/s1. The summed E-state index contributed by atoms with van der Waals surface area (Å²) >= 11 is 0. The van der Waals surface area contributed by atoms with Gasteiger partial charge < -0.3 is 24.4 Å². The number of likely N-dealkylation sites (tertiary alicyclic amines) is 1. The second-order valence-corrected chi connectivity index (χ2v) is 7.42. The quantitative estimate of drug-likeness (QED) is 0.415. The molecule has 1 fully saturated rings. The van der Waals surface area contributed by atoms with E-state index in [0.29, 0.717) is 17.9 Å². The maximum Gasteiger partial charge on any atom is 0.295 e. The second-order valence-electron chi connectivity index (χ2n) is 7.42. The molecule has 0 bridgehead atoms. The van der Waals surface area contributed by atoms with Gasteiger partial charge in [-0.25, -0.2) is 4.39 Å². The molecule has 1 aliphatic rings. The van der Waals surface area contributed by atoms with E-state index >= 15 is 0 Å². The van der Waals surface area contributed by atoms with Crippen molar-refractivity contribution in [2.24, 2.45) is 0 Å². The third-order valence-electron chi connectivity index (χ3n) is 5.16. The van der Waals surface area contributed by atoms with Crippen LogP contribution in [0.5, 0.6) is 11.5 Å². The van der Waals surface area contributed by atoms with Crippen LogP contribution in [0.1, 0.15) is 17.2 Å². The fourth-order valence-electron chi connectivity index (χ4n) is 3.55. The summed E-state index contributed by atoms with van der Waals surface area (Å²) in [5.41, 5.74) is 0.589. The monoisotopic (exact) mass is 428 g/mol. The highest BCUT2D eigenvalue weighted by molar-refractivity contribution is 6.46. The number of benzene rings is 2. The molecule has 0 aliphatic carbocycles. The van der Waals surface area contributed by atoms with E-state index in [1.807, 2.05) is 19.0 Å². The van der Waals surface area contributed by atoms with E-state index in [1.165, 1.54) is 31.3 Å². The Morgan fingerprint density at radius 1 is 1.13 bits per heavy atom. The molecular weight excluding hydrogens is 403 g/mol. The van der Waals surface area contributed by atoms with E-state index in [-0.39, 0.29) is 23.4 Å². The van der Waals surface area contributed by atoms with Gasteiger partial charge in [-0.1, -0.05) is 12.1 Å². The zero-order valence-electron chi connectivity index (χ0n) is 17.9. The van der Waals surface area contributed by atoms with Crippen LogP contribution in [0, 0.1) is 5.82 Å². The number of amides is 1. The van der Waals surface area contributed by atoms with Gasteiger partial charge >= 0.3 is 0 Å². The number of carbonyl (C=O) groups excluding carboxylic acids is 2. The van der Waals surface area contributed by atoms with Crippen LogP contribution in [0.4, 0.5) is 4.39 Å². The molecule has 0 aromatic heterocycles. The molecule has 7 nitrogen and oxygen atoms in total. The molecule has 3 rings (SSSR count). The van der Waals surface area contributed by atoms with Gasteiger partial charge in [-0.05, 0) is 50.0 Å². The van der Waals surface area contributed by atoms with E-state index in [9.17, 15) is 19.1 Å². The number of likely N-dealkylation sites (N-methyl/N-ethyl adjacent to an activating group) is 1. The number of ether oxygens (including phenoxy) is 2. The lowest BCUT2D eigenvalue weighted by molar-refractivity contribution is -0.140. The van der Waals surface area contributed by atoms with E-state index in [4.69, 9.17) is 9.47 Å². The largest absolute Gasteiger partial charge is 0.507 e. The molecule has 1 atom stereocenters. The van der Waals surface area contributed by atoms with Crippen LogP contribution in [-0.4, -0.2) is 68.0 Å². The minimum atomic E-state index is -0.833. The summed E-state index contributed by atoms with van der Waals surface area (Å²) in [6, 6.07) is 9.98. The lowest BCUT2D eigenvalue weighted by Gasteiger charge is -2.26. The summed E-state index contributed by atoms with van der Waals surface area (Å²) in [5.74, 6) is -2.12. The minimum Gasteiger partial charge on any atom is -0.507 e. The maximum atomic E-state index is 14.2. The number of hydrogen-bond donors (Lipinski definition) is 1. The van der Waals surface area contributed by atoms with Crippen LogP contribution in [-0.2, 0) is 9.59 Å². The highest BCUT2D eigenvalue weighted by atomic mass is 19.1. The summed E-state index contributed by atoms with van der Waals surface area (Å²) in [5, 5.41) is 11.0. The van der Waals surface area contributed by atoms with Crippen molar-refractivity contribution in [2.45, 2.75) is 6.04 Å². The van der Waals surface area contributed by atoms with Crippen LogP contribution in [0.25, 0.3) is 5.76 Å². The van der Waals surface area contributed by atoms with Crippen LogP contribution < -0.4 is 9.47 Å². The first-order valence-corrected chi connectivity index (χ1v) is 9.69. The number of carbonyl (C=O) groups is 2. The number of aliphatic hydroxyl groups is 1. The Balaban J connectivity index is 2.17. The van der Waals surface area contributed by atoms with Crippen LogP contribution in [0.15, 0.2) is 48.0 Å². The van der Waals surface area contributed by atoms with Crippen molar-refractivity contribution in [1.29, 1.82) is 0 Å². The molecule has 0 radical (unpaired) electrons.